The Morgan fingerprint density at radius 3 is 2.75 bits per heavy atom. The standard InChI is InChI=1S/C16H23N3O/c1-4-8-17-10-14-9-13(6-7-16(14)20-3)15-11-18-19(5-2)12-15/h6-7,9,11-12,17H,4-5,8,10H2,1-3H3. The van der Waals surface area contributed by atoms with Crippen LogP contribution >= 0.6 is 0 Å². The van der Waals surface area contributed by atoms with Crippen LogP contribution in [0.15, 0.2) is 30.6 Å². The van der Waals surface area contributed by atoms with E-state index in [-0.39, 0.29) is 0 Å². The summed E-state index contributed by atoms with van der Waals surface area (Å²) in [4.78, 5) is 0. The highest BCUT2D eigenvalue weighted by atomic mass is 16.5. The second-order valence-electron chi connectivity index (χ2n) is 4.79. The van der Waals surface area contributed by atoms with Gasteiger partial charge in [-0.05, 0) is 37.6 Å². The van der Waals surface area contributed by atoms with Gasteiger partial charge in [0, 0.05) is 30.4 Å². The van der Waals surface area contributed by atoms with Crippen LogP contribution in [0.1, 0.15) is 25.8 Å². The van der Waals surface area contributed by atoms with Crippen molar-refractivity contribution in [1.29, 1.82) is 0 Å². The zero-order chi connectivity index (χ0) is 14.4. The Hall–Kier alpha value is -1.81. The summed E-state index contributed by atoms with van der Waals surface area (Å²) in [5.41, 5.74) is 3.51. The second kappa shape index (κ2) is 7.10. The van der Waals surface area contributed by atoms with Gasteiger partial charge < -0.3 is 10.1 Å². The Kier molecular flexibility index (Phi) is 5.18. The molecule has 0 radical (unpaired) electrons. The molecule has 0 unspecified atom stereocenters. The Bertz CT molecular complexity index is 548. The molecule has 0 bridgehead atoms. The molecule has 2 rings (SSSR count). The minimum Gasteiger partial charge on any atom is -0.496 e. The molecule has 20 heavy (non-hydrogen) atoms. The fourth-order valence-electron chi connectivity index (χ4n) is 2.18. The van der Waals surface area contributed by atoms with E-state index in [2.05, 4.69) is 42.6 Å². The van der Waals surface area contributed by atoms with Gasteiger partial charge >= 0.3 is 0 Å². The summed E-state index contributed by atoms with van der Waals surface area (Å²) in [6, 6.07) is 6.29. The van der Waals surface area contributed by atoms with Crippen molar-refractivity contribution in [1.82, 2.24) is 15.1 Å². The summed E-state index contributed by atoms with van der Waals surface area (Å²) >= 11 is 0. The summed E-state index contributed by atoms with van der Waals surface area (Å²) in [5, 5.41) is 7.75. The summed E-state index contributed by atoms with van der Waals surface area (Å²) in [6.45, 7) is 6.99. The van der Waals surface area contributed by atoms with Crippen molar-refractivity contribution in [2.45, 2.75) is 33.4 Å². The molecule has 0 saturated heterocycles. The second-order valence-corrected chi connectivity index (χ2v) is 4.79. The highest BCUT2D eigenvalue weighted by Crippen LogP contribution is 2.26. The number of benzene rings is 1. The highest BCUT2D eigenvalue weighted by Gasteiger charge is 2.07. The van der Waals surface area contributed by atoms with Crippen molar-refractivity contribution in [3.05, 3.63) is 36.2 Å². The van der Waals surface area contributed by atoms with E-state index in [0.717, 1.165) is 37.4 Å². The van der Waals surface area contributed by atoms with Gasteiger partial charge in [0.25, 0.3) is 0 Å². The van der Waals surface area contributed by atoms with E-state index in [9.17, 15) is 0 Å². The quantitative estimate of drug-likeness (QED) is 0.788. The molecule has 0 saturated carbocycles. The zero-order valence-electron chi connectivity index (χ0n) is 12.5. The van der Waals surface area contributed by atoms with Crippen LogP contribution in [-0.2, 0) is 13.1 Å². The van der Waals surface area contributed by atoms with E-state index < -0.39 is 0 Å². The Morgan fingerprint density at radius 2 is 2.10 bits per heavy atom. The smallest absolute Gasteiger partial charge is 0.123 e. The van der Waals surface area contributed by atoms with Crippen LogP contribution in [-0.4, -0.2) is 23.4 Å². The Balaban J connectivity index is 2.23. The molecule has 4 heteroatoms. The molecule has 0 atom stereocenters. The topological polar surface area (TPSA) is 39.1 Å². The minimum atomic E-state index is 0.826. The maximum Gasteiger partial charge on any atom is 0.123 e. The SMILES string of the molecule is CCCNCc1cc(-c2cnn(CC)c2)ccc1OC. The molecule has 108 valence electrons. The van der Waals surface area contributed by atoms with E-state index in [1.807, 2.05) is 16.9 Å². The molecule has 0 aliphatic heterocycles. The number of hydrogen-bond acceptors (Lipinski definition) is 3. The van der Waals surface area contributed by atoms with Crippen molar-refractivity contribution in [2.24, 2.45) is 0 Å². The lowest BCUT2D eigenvalue weighted by atomic mass is 10.1. The van der Waals surface area contributed by atoms with Gasteiger partial charge in [0.2, 0.25) is 0 Å². The van der Waals surface area contributed by atoms with Gasteiger partial charge in [0.05, 0.1) is 13.3 Å². The predicted molar refractivity (Wildman–Crippen MR) is 81.9 cm³/mol. The summed E-state index contributed by atoms with van der Waals surface area (Å²) < 4.78 is 7.37. The first-order chi connectivity index (χ1) is 9.78. The fraction of sp³-hybridized carbons (Fsp3) is 0.438. The lowest BCUT2D eigenvalue weighted by Crippen LogP contribution is -2.14. The number of hydrogen-bond donors (Lipinski definition) is 1. The monoisotopic (exact) mass is 273 g/mol. The van der Waals surface area contributed by atoms with Crippen molar-refractivity contribution in [3.8, 4) is 16.9 Å². The molecule has 1 aromatic carbocycles. The van der Waals surface area contributed by atoms with E-state index >= 15 is 0 Å². The normalized spacial score (nSPS) is 10.8. The molecule has 1 heterocycles. The summed E-state index contributed by atoms with van der Waals surface area (Å²) in [6.07, 6.45) is 5.12. The van der Waals surface area contributed by atoms with Crippen LogP contribution in [0.2, 0.25) is 0 Å². The molecule has 2 aromatic rings. The summed E-state index contributed by atoms with van der Waals surface area (Å²) in [5.74, 6) is 0.931. The van der Waals surface area contributed by atoms with Crippen LogP contribution in [0.25, 0.3) is 11.1 Å². The van der Waals surface area contributed by atoms with E-state index in [1.165, 1.54) is 11.1 Å². The number of aryl methyl sites for hydroxylation is 1. The fourth-order valence-corrected chi connectivity index (χ4v) is 2.18. The number of methoxy groups -OCH3 is 1. The van der Waals surface area contributed by atoms with E-state index in [4.69, 9.17) is 4.74 Å². The lowest BCUT2D eigenvalue weighted by molar-refractivity contribution is 0.408. The first-order valence-electron chi connectivity index (χ1n) is 7.19. The maximum absolute atomic E-state index is 5.43. The summed E-state index contributed by atoms with van der Waals surface area (Å²) in [7, 11) is 1.72. The van der Waals surface area contributed by atoms with Crippen molar-refractivity contribution >= 4 is 0 Å². The number of ether oxygens (including phenoxy) is 1. The number of nitrogens with zero attached hydrogens (tertiary/aromatic N) is 2. The molecule has 0 aliphatic rings. The van der Waals surface area contributed by atoms with Gasteiger partial charge in [-0.3, -0.25) is 4.68 Å². The average molecular weight is 273 g/mol. The third kappa shape index (κ3) is 3.39. The molecular weight excluding hydrogens is 250 g/mol. The lowest BCUT2D eigenvalue weighted by Gasteiger charge is -2.11. The van der Waals surface area contributed by atoms with Gasteiger partial charge in [-0.1, -0.05) is 13.0 Å². The Morgan fingerprint density at radius 1 is 1.25 bits per heavy atom. The van der Waals surface area contributed by atoms with Crippen molar-refractivity contribution < 1.29 is 4.74 Å². The minimum absolute atomic E-state index is 0.826. The number of rotatable bonds is 7. The zero-order valence-corrected chi connectivity index (χ0v) is 12.5. The molecular formula is C16H23N3O. The third-order valence-corrected chi connectivity index (χ3v) is 3.31. The largest absolute Gasteiger partial charge is 0.496 e. The van der Waals surface area contributed by atoms with Crippen molar-refractivity contribution in [2.75, 3.05) is 13.7 Å². The van der Waals surface area contributed by atoms with Crippen LogP contribution in [0.5, 0.6) is 5.75 Å². The average Bonchev–Trinajstić information content (AvgIpc) is 2.96. The van der Waals surface area contributed by atoms with Crippen LogP contribution in [0, 0.1) is 0 Å². The molecule has 0 spiro atoms. The predicted octanol–water partition coefficient (Wildman–Crippen LogP) is 3.08. The first-order valence-corrected chi connectivity index (χ1v) is 7.19. The molecule has 0 amide bonds. The number of nitrogens with one attached hydrogen (secondary N) is 1. The van der Waals surface area contributed by atoms with Gasteiger partial charge in [-0.2, -0.15) is 5.10 Å². The number of aromatic nitrogens is 2. The van der Waals surface area contributed by atoms with E-state index in [1.54, 1.807) is 7.11 Å². The van der Waals surface area contributed by atoms with Crippen molar-refractivity contribution in [3.63, 3.8) is 0 Å². The molecule has 0 fully saturated rings. The Labute approximate surface area is 120 Å². The van der Waals surface area contributed by atoms with E-state index in [0.29, 0.717) is 0 Å². The molecule has 1 aromatic heterocycles. The molecule has 1 N–H and O–H groups in total. The highest BCUT2D eigenvalue weighted by molar-refractivity contribution is 5.64. The van der Waals surface area contributed by atoms with Crippen LogP contribution in [0.4, 0.5) is 0 Å². The van der Waals surface area contributed by atoms with Gasteiger partial charge in [0.1, 0.15) is 5.75 Å². The third-order valence-electron chi connectivity index (χ3n) is 3.31. The van der Waals surface area contributed by atoms with Crippen LogP contribution in [0.3, 0.4) is 0 Å². The van der Waals surface area contributed by atoms with Gasteiger partial charge in [-0.15, -0.1) is 0 Å². The van der Waals surface area contributed by atoms with Crippen LogP contribution < -0.4 is 10.1 Å². The van der Waals surface area contributed by atoms with Gasteiger partial charge in [0.15, 0.2) is 0 Å². The molecule has 4 nitrogen and oxygen atoms in total. The van der Waals surface area contributed by atoms with Gasteiger partial charge in [-0.25, -0.2) is 0 Å². The molecule has 0 aliphatic carbocycles. The first kappa shape index (κ1) is 14.6. The maximum atomic E-state index is 5.43.